The average Bonchev–Trinajstić information content (AvgIpc) is 2.90. The number of rotatable bonds is 5. The maximum absolute atomic E-state index is 6.24. The van der Waals surface area contributed by atoms with Crippen LogP contribution in [0.4, 0.5) is 0 Å². The van der Waals surface area contributed by atoms with Gasteiger partial charge in [0.25, 0.3) is 0 Å². The van der Waals surface area contributed by atoms with Gasteiger partial charge in [0.1, 0.15) is 0 Å². The van der Waals surface area contributed by atoms with Crippen LogP contribution in [-0.2, 0) is 29.6 Å². The van der Waals surface area contributed by atoms with Gasteiger partial charge in [0.15, 0.2) is 0 Å². The van der Waals surface area contributed by atoms with E-state index in [0.717, 1.165) is 19.6 Å². The van der Waals surface area contributed by atoms with Gasteiger partial charge in [0, 0.05) is 11.0 Å². The molecule has 0 saturated carbocycles. The van der Waals surface area contributed by atoms with Gasteiger partial charge in [0.2, 0.25) is 0 Å². The van der Waals surface area contributed by atoms with Crippen LogP contribution in [0.3, 0.4) is 0 Å². The van der Waals surface area contributed by atoms with Crippen LogP contribution in [0.5, 0.6) is 0 Å². The number of likely N-dealkylation sites (tertiary alicyclic amines) is 1. The van der Waals surface area contributed by atoms with Crippen molar-refractivity contribution in [1.29, 1.82) is 0 Å². The first kappa shape index (κ1) is 22.1. The molecular weight excluding hydrogens is 414 g/mol. The van der Waals surface area contributed by atoms with Gasteiger partial charge in [-0.1, -0.05) is 85.3 Å². The van der Waals surface area contributed by atoms with Crippen LogP contribution in [0.25, 0.3) is 0 Å². The topological polar surface area (TPSA) is 12.5 Å². The smallest absolute Gasteiger partial charge is 0.0720 e. The van der Waals surface area contributed by atoms with E-state index in [0.29, 0.717) is 5.54 Å². The van der Waals surface area contributed by atoms with Gasteiger partial charge in [-0.3, -0.25) is 4.90 Å². The number of hydrogen-bond acceptors (Lipinski definition) is 2. The van der Waals surface area contributed by atoms with E-state index in [1.165, 1.54) is 74.7 Å². The lowest BCUT2D eigenvalue weighted by molar-refractivity contribution is 0.0261. The molecule has 2 atom stereocenters. The zero-order valence-electron chi connectivity index (χ0n) is 20.3. The summed E-state index contributed by atoms with van der Waals surface area (Å²) >= 11 is 0. The molecule has 3 aromatic rings. The summed E-state index contributed by atoms with van der Waals surface area (Å²) in [6.45, 7) is 3.97. The summed E-state index contributed by atoms with van der Waals surface area (Å²) in [5.41, 5.74) is 7.74. The van der Waals surface area contributed by atoms with E-state index in [4.69, 9.17) is 4.74 Å². The van der Waals surface area contributed by atoms with Crippen molar-refractivity contribution >= 4 is 0 Å². The molecule has 34 heavy (non-hydrogen) atoms. The normalized spacial score (nSPS) is 26.7. The summed E-state index contributed by atoms with van der Waals surface area (Å²) in [5, 5.41) is 0. The molecule has 0 N–H and O–H groups in total. The monoisotopic (exact) mass is 451 g/mol. The molecule has 176 valence electrons. The number of fused-ring (bicyclic) bond motifs is 2. The molecule has 1 saturated heterocycles. The van der Waals surface area contributed by atoms with Crippen molar-refractivity contribution in [2.45, 2.75) is 68.9 Å². The summed E-state index contributed by atoms with van der Waals surface area (Å²) in [6, 6.07) is 29.3. The molecule has 0 amide bonds. The van der Waals surface area contributed by atoms with Crippen LogP contribution in [0.1, 0.15) is 66.3 Å². The van der Waals surface area contributed by atoms with Crippen molar-refractivity contribution in [3.8, 4) is 0 Å². The second kappa shape index (κ2) is 9.32. The lowest BCUT2D eigenvalue weighted by Crippen LogP contribution is -2.55. The Morgan fingerprint density at radius 3 is 2.41 bits per heavy atom. The van der Waals surface area contributed by atoms with E-state index in [-0.39, 0.29) is 5.41 Å². The van der Waals surface area contributed by atoms with Gasteiger partial charge in [-0.05, 0) is 85.9 Å². The number of aryl methyl sites for hydroxylation is 1. The van der Waals surface area contributed by atoms with E-state index >= 15 is 0 Å². The SMILES string of the molecule is c1ccc(C2(CCCN3CCCCC34CCc3ccccc3C4)COCc3ccccc32)cc1. The van der Waals surface area contributed by atoms with Crippen molar-refractivity contribution < 1.29 is 4.74 Å². The van der Waals surface area contributed by atoms with Crippen molar-refractivity contribution in [3.05, 3.63) is 107 Å². The maximum Gasteiger partial charge on any atom is 0.0720 e. The molecule has 2 aliphatic heterocycles. The van der Waals surface area contributed by atoms with E-state index < -0.39 is 0 Å². The third-order valence-electron chi connectivity index (χ3n) is 8.99. The number of nitrogens with zero attached hydrogens (tertiary/aromatic N) is 1. The molecule has 2 unspecified atom stereocenters. The zero-order valence-corrected chi connectivity index (χ0v) is 20.3. The van der Waals surface area contributed by atoms with Crippen molar-refractivity contribution in [1.82, 2.24) is 4.90 Å². The minimum Gasteiger partial charge on any atom is -0.375 e. The molecule has 0 radical (unpaired) electrons. The van der Waals surface area contributed by atoms with Gasteiger partial charge in [0.05, 0.1) is 13.2 Å². The predicted molar refractivity (Wildman–Crippen MR) is 139 cm³/mol. The summed E-state index contributed by atoms with van der Waals surface area (Å²) in [4.78, 5) is 2.89. The highest BCUT2D eigenvalue weighted by molar-refractivity contribution is 5.45. The van der Waals surface area contributed by atoms with Crippen LogP contribution in [-0.4, -0.2) is 30.1 Å². The molecule has 1 aliphatic carbocycles. The fourth-order valence-corrected chi connectivity index (χ4v) is 7.21. The quantitative estimate of drug-likeness (QED) is 0.428. The molecule has 0 aromatic heterocycles. The third kappa shape index (κ3) is 3.91. The van der Waals surface area contributed by atoms with Gasteiger partial charge in [-0.2, -0.15) is 0 Å². The van der Waals surface area contributed by atoms with Crippen molar-refractivity contribution in [2.75, 3.05) is 19.7 Å². The number of benzene rings is 3. The summed E-state index contributed by atoms with van der Waals surface area (Å²) in [6.07, 6.45) is 10.2. The number of ether oxygens (including phenoxy) is 1. The van der Waals surface area contributed by atoms with Crippen LogP contribution >= 0.6 is 0 Å². The first-order valence-electron chi connectivity index (χ1n) is 13.3. The molecular formula is C32H37NO. The highest BCUT2D eigenvalue weighted by atomic mass is 16.5. The van der Waals surface area contributed by atoms with Crippen LogP contribution in [0, 0.1) is 0 Å². The molecule has 3 aromatic carbocycles. The highest BCUT2D eigenvalue weighted by Gasteiger charge is 2.42. The zero-order chi connectivity index (χ0) is 22.8. The summed E-state index contributed by atoms with van der Waals surface area (Å²) in [7, 11) is 0. The molecule has 3 aliphatic rings. The Morgan fingerprint density at radius 2 is 1.53 bits per heavy atom. The van der Waals surface area contributed by atoms with E-state index in [9.17, 15) is 0 Å². The molecule has 2 nitrogen and oxygen atoms in total. The predicted octanol–water partition coefficient (Wildman–Crippen LogP) is 6.70. The Bertz CT molecular complexity index is 1120. The Labute approximate surface area is 205 Å². The molecule has 1 fully saturated rings. The molecule has 2 heteroatoms. The summed E-state index contributed by atoms with van der Waals surface area (Å²) in [5.74, 6) is 0. The second-order valence-electron chi connectivity index (χ2n) is 10.8. The average molecular weight is 452 g/mol. The standard InChI is InChI=1S/C32H37NO/c1-2-14-29(15-3-1)32(25-34-24-28-13-6-7-16-30(28)32)19-10-22-33-21-9-8-18-31(33)20-17-26-11-4-5-12-27(26)23-31/h1-7,11-16H,8-10,17-25H2. The van der Waals surface area contributed by atoms with Crippen molar-refractivity contribution in [2.24, 2.45) is 0 Å². The minimum atomic E-state index is -0.0434. The Kier molecular flexibility index (Phi) is 6.05. The van der Waals surface area contributed by atoms with Crippen LogP contribution in [0.2, 0.25) is 0 Å². The highest BCUT2D eigenvalue weighted by Crippen LogP contribution is 2.44. The number of piperidine rings is 1. The fourth-order valence-electron chi connectivity index (χ4n) is 7.21. The minimum absolute atomic E-state index is 0.0434. The van der Waals surface area contributed by atoms with E-state index in [1.807, 2.05) is 0 Å². The number of hydrogen-bond donors (Lipinski definition) is 0. The van der Waals surface area contributed by atoms with Gasteiger partial charge < -0.3 is 4.74 Å². The fraction of sp³-hybridized carbons (Fsp3) is 0.438. The van der Waals surface area contributed by atoms with Crippen molar-refractivity contribution in [3.63, 3.8) is 0 Å². The molecule has 6 rings (SSSR count). The molecule has 2 heterocycles. The first-order valence-corrected chi connectivity index (χ1v) is 13.3. The first-order chi connectivity index (χ1) is 16.8. The van der Waals surface area contributed by atoms with Crippen LogP contribution in [0.15, 0.2) is 78.9 Å². The largest absolute Gasteiger partial charge is 0.375 e. The van der Waals surface area contributed by atoms with E-state index in [2.05, 4.69) is 83.8 Å². The molecule has 0 bridgehead atoms. The van der Waals surface area contributed by atoms with Gasteiger partial charge >= 0.3 is 0 Å². The van der Waals surface area contributed by atoms with Gasteiger partial charge in [-0.15, -0.1) is 0 Å². The van der Waals surface area contributed by atoms with Gasteiger partial charge in [-0.25, -0.2) is 0 Å². The summed E-state index contributed by atoms with van der Waals surface area (Å²) < 4.78 is 6.24. The Morgan fingerprint density at radius 1 is 0.765 bits per heavy atom. The second-order valence-corrected chi connectivity index (χ2v) is 10.8. The third-order valence-corrected chi connectivity index (χ3v) is 8.99. The van der Waals surface area contributed by atoms with Crippen LogP contribution < -0.4 is 0 Å². The maximum atomic E-state index is 6.24. The Hall–Kier alpha value is -2.42. The molecule has 1 spiro atoms. The lowest BCUT2D eigenvalue weighted by Gasteiger charge is -2.50. The Balaban J connectivity index is 1.25. The van der Waals surface area contributed by atoms with E-state index in [1.54, 1.807) is 11.1 Å². The lowest BCUT2D eigenvalue weighted by atomic mass is 9.69.